The summed E-state index contributed by atoms with van der Waals surface area (Å²) in [6.45, 7) is 5.63. The van der Waals surface area contributed by atoms with Gasteiger partial charge in [0.2, 0.25) is 0 Å². The van der Waals surface area contributed by atoms with Crippen LogP contribution in [0.2, 0.25) is 0 Å². The number of halogens is 1. The van der Waals surface area contributed by atoms with E-state index in [2.05, 4.69) is 10.4 Å². The van der Waals surface area contributed by atoms with Crippen molar-refractivity contribution in [3.8, 4) is 11.3 Å². The number of benzene rings is 3. The first-order chi connectivity index (χ1) is 17.1. The molecule has 0 aliphatic carbocycles. The number of carboxylic acids is 1. The van der Waals surface area contributed by atoms with Gasteiger partial charge in [0.15, 0.2) is 5.43 Å². The zero-order valence-corrected chi connectivity index (χ0v) is 20.2. The fourth-order valence-corrected chi connectivity index (χ4v) is 4.64. The van der Waals surface area contributed by atoms with Gasteiger partial charge < -0.3 is 14.8 Å². The third kappa shape index (κ3) is 4.00. The molecule has 2 N–H and O–H groups in total. The molecule has 1 unspecified atom stereocenters. The lowest BCUT2D eigenvalue weighted by atomic mass is 9.99. The third-order valence-corrected chi connectivity index (χ3v) is 6.27. The summed E-state index contributed by atoms with van der Waals surface area (Å²) in [5, 5.41) is 18.4. The minimum absolute atomic E-state index is 0.140. The highest BCUT2D eigenvalue weighted by molar-refractivity contribution is 5.95. The smallest absolute Gasteiger partial charge is 0.340 e. The summed E-state index contributed by atoms with van der Waals surface area (Å²) in [6.07, 6.45) is 1.91. The number of nitrogens with zero attached hydrogens (tertiary/aromatic N) is 2. The van der Waals surface area contributed by atoms with Crippen molar-refractivity contribution in [3.63, 3.8) is 0 Å². The maximum atomic E-state index is 14.2. The van der Waals surface area contributed by atoms with E-state index in [4.69, 9.17) is 4.42 Å². The molecule has 2 heterocycles. The highest BCUT2D eigenvalue weighted by Gasteiger charge is 2.21. The molecule has 0 spiro atoms. The van der Waals surface area contributed by atoms with Gasteiger partial charge in [0.05, 0.1) is 22.6 Å². The van der Waals surface area contributed by atoms with E-state index in [0.717, 1.165) is 33.7 Å². The van der Waals surface area contributed by atoms with Crippen LogP contribution in [-0.2, 0) is 7.05 Å². The molecular weight excluding hydrogens is 461 g/mol. The predicted octanol–water partition coefficient (Wildman–Crippen LogP) is 5.97. The predicted molar refractivity (Wildman–Crippen MR) is 137 cm³/mol. The van der Waals surface area contributed by atoms with Gasteiger partial charge in [-0.25, -0.2) is 9.18 Å². The van der Waals surface area contributed by atoms with Crippen LogP contribution in [0.4, 0.5) is 10.1 Å². The lowest BCUT2D eigenvalue weighted by molar-refractivity contribution is 0.0693. The molecule has 0 amide bonds. The normalized spacial score (nSPS) is 12.2. The number of anilines is 1. The lowest BCUT2D eigenvalue weighted by Crippen LogP contribution is -2.13. The molecule has 7 nitrogen and oxygen atoms in total. The molecule has 1 atom stereocenters. The molecule has 0 fully saturated rings. The zero-order chi connectivity index (χ0) is 25.7. The van der Waals surface area contributed by atoms with Crippen molar-refractivity contribution in [2.24, 2.45) is 7.05 Å². The van der Waals surface area contributed by atoms with Gasteiger partial charge in [-0.05, 0) is 62.2 Å². The molecule has 8 heteroatoms. The van der Waals surface area contributed by atoms with E-state index in [1.54, 1.807) is 10.7 Å². The van der Waals surface area contributed by atoms with Crippen LogP contribution in [0, 0.1) is 19.7 Å². The van der Waals surface area contributed by atoms with Crippen LogP contribution in [0.25, 0.3) is 33.2 Å². The number of fused-ring (bicyclic) bond motifs is 2. The molecule has 0 radical (unpaired) electrons. The molecule has 0 saturated heterocycles. The van der Waals surface area contributed by atoms with Crippen LogP contribution in [-0.4, -0.2) is 20.9 Å². The van der Waals surface area contributed by atoms with E-state index in [1.807, 2.05) is 52.2 Å². The van der Waals surface area contributed by atoms with E-state index in [1.165, 1.54) is 18.2 Å². The Balaban J connectivity index is 1.66. The van der Waals surface area contributed by atoms with Crippen molar-refractivity contribution >= 4 is 33.5 Å². The van der Waals surface area contributed by atoms with Gasteiger partial charge in [0, 0.05) is 35.8 Å². The minimum Gasteiger partial charge on any atom is -0.478 e. The average molecular weight is 486 g/mol. The molecule has 0 aliphatic rings. The Morgan fingerprint density at radius 1 is 1.17 bits per heavy atom. The monoisotopic (exact) mass is 485 g/mol. The van der Waals surface area contributed by atoms with Crippen molar-refractivity contribution in [2.75, 3.05) is 5.32 Å². The highest BCUT2D eigenvalue weighted by Crippen LogP contribution is 2.33. The van der Waals surface area contributed by atoms with E-state index in [-0.39, 0.29) is 11.1 Å². The van der Waals surface area contributed by atoms with Crippen LogP contribution < -0.4 is 10.7 Å². The lowest BCUT2D eigenvalue weighted by Gasteiger charge is -2.19. The van der Waals surface area contributed by atoms with Gasteiger partial charge in [-0.1, -0.05) is 12.1 Å². The minimum atomic E-state index is -1.37. The van der Waals surface area contributed by atoms with Gasteiger partial charge >= 0.3 is 5.97 Å². The van der Waals surface area contributed by atoms with Crippen molar-refractivity contribution in [1.29, 1.82) is 0 Å². The summed E-state index contributed by atoms with van der Waals surface area (Å²) in [7, 11) is 1.85. The van der Waals surface area contributed by atoms with Gasteiger partial charge in [-0.15, -0.1) is 0 Å². The number of rotatable bonds is 5. The molecule has 0 bridgehead atoms. The molecule has 0 saturated carbocycles. The summed E-state index contributed by atoms with van der Waals surface area (Å²) in [5.74, 6) is -1.79. The van der Waals surface area contributed by atoms with Gasteiger partial charge in [0.25, 0.3) is 0 Å². The molecule has 182 valence electrons. The Labute approximate surface area is 205 Å². The second-order valence-electron chi connectivity index (χ2n) is 9.07. The second kappa shape index (κ2) is 8.64. The number of aromatic nitrogens is 2. The Bertz CT molecular complexity index is 1740. The van der Waals surface area contributed by atoms with Crippen LogP contribution >= 0.6 is 0 Å². The average Bonchev–Trinajstić information content (AvgIpc) is 3.19. The van der Waals surface area contributed by atoms with Crippen molar-refractivity contribution in [1.82, 2.24) is 9.78 Å². The fourth-order valence-electron chi connectivity index (χ4n) is 4.64. The van der Waals surface area contributed by atoms with Gasteiger partial charge in [0.1, 0.15) is 22.7 Å². The van der Waals surface area contributed by atoms with Gasteiger partial charge in [-0.3, -0.25) is 9.48 Å². The molecule has 5 rings (SSSR count). The first kappa shape index (κ1) is 23.3. The topological polar surface area (TPSA) is 97.4 Å². The summed E-state index contributed by atoms with van der Waals surface area (Å²) in [5.41, 5.74) is 3.98. The maximum Gasteiger partial charge on any atom is 0.340 e. The molecule has 2 aromatic heterocycles. The number of carbonyl (C=O) groups is 1. The number of nitrogens with one attached hydrogen (secondary N) is 1. The number of aromatic carboxylic acids is 1. The molecule has 36 heavy (non-hydrogen) atoms. The van der Waals surface area contributed by atoms with E-state index < -0.39 is 23.4 Å². The number of aryl methyl sites for hydroxylation is 3. The Morgan fingerprint density at radius 2 is 1.94 bits per heavy atom. The SMILES string of the molecule is Cc1cc(C(C)Nc2cccc(F)c2C(=O)O)c2oc(-c3cc(C)c4nn(C)cc4c3)cc(=O)c2c1. The quantitative estimate of drug-likeness (QED) is 0.318. The molecular formula is C28H24FN3O4. The van der Waals surface area contributed by atoms with Crippen LogP contribution in [0.1, 0.15) is 40.0 Å². The van der Waals surface area contributed by atoms with E-state index in [9.17, 15) is 19.1 Å². The fraction of sp³-hybridized carbons (Fsp3) is 0.179. The first-order valence-corrected chi connectivity index (χ1v) is 11.4. The first-order valence-electron chi connectivity index (χ1n) is 11.4. The summed E-state index contributed by atoms with van der Waals surface area (Å²) >= 11 is 0. The Kier molecular flexibility index (Phi) is 5.59. The van der Waals surface area contributed by atoms with E-state index in [0.29, 0.717) is 22.3 Å². The summed E-state index contributed by atoms with van der Waals surface area (Å²) in [6, 6.07) is 12.6. The largest absolute Gasteiger partial charge is 0.478 e. The summed E-state index contributed by atoms with van der Waals surface area (Å²) in [4.78, 5) is 24.8. The van der Waals surface area contributed by atoms with Crippen molar-refractivity contribution in [2.45, 2.75) is 26.8 Å². The summed E-state index contributed by atoms with van der Waals surface area (Å²) < 4.78 is 22.3. The van der Waals surface area contributed by atoms with Crippen LogP contribution in [0.15, 0.2) is 63.9 Å². The van der Waals surface area contributed by atoms with Crippen molar-refractivity contribution < 1.29 is 18.7 Å². The number of hydrogen-bond donors (Lipinski definition) is 2. The number of hydrogen-bond acceptors (Lipinski definition) is 5. The maximum absolute atomic E-state index is 14.2. The highest BCUT2D eigenvalue weighted by atomic mass is 19.1. The third-order valence-electron chi connectivity index (χ3n) is 6.27. The molecule has 3 aromatic carbocycles. The molecule has 5 aromatic rings. The second-order valence-corrected chi connectivity index (χ2v) is 9.07. The van der Waals surface area contributed by atoms with Crippen LogP contribution in [0.3, 0.4) is 0 Å². The standard InChI is InChI=1S/C28H24FN3O4/c1-14-8-19(16(3)30-22-7-5-6-21(29)25(22)28(34)35)27-20(9-14)23(33)12-24(36-27)17-10-15(2)26-18(11-17)13-32(4)31-26/h5-13,16,30H,1-4H3,(H,34,35). The van der Waals surface area contributed by atoms with E-state index >= 15 is 0 Å². The Hall–Kier alpha value is -4.46. The number of carboxylic acid groups (broad SMARTS) is 1. The van der Waals surface area contributed by atoms with Crippen LogP contribution in [0.5, 0.6) is 0 Å². The van der Waals surface area contributed by atoms with Gasteiger partial charge in [-0.2, -0.15) is 5.10 Å². The van der Waals surface area contributed by atoms with Crippen molar-refractivity contribution in [3.05, 3.63) is 93.0 Å². The zero-order valence-electron chi connectivity index (χ0n) is 20.2. The molecule has 0 aliphatic heterocycles. The Morgan fingerprint density at radius 3 is 2.69 bits per heavy atom.